The van der Waals surface area contributed by atoms with E-state index in [1.807, 2.05) is 34.0 Å². The van der Waals surface area contributed by atoms with Gasteiger partial charge in [-0.25, -0.2) is 0 Å². The lowest BCUT2D eigenvalue weighted by atomic mass is 9.97. The molecule has 3 aromatic carbocycles. The third kappa shape index (κ3) is 2.40. The standard InChI is InChI=1S/C22H6Br4S4/c23-15-13-10-6-11-9(7-1-3-27-17(7)8-2-4-28-18(8)11)5-12(10)19-14(16(24)22(26)29-19)20(13)30-21(15)25/h1-6H. The van der Waals surface area contributed by atoms with E-state index in [0.717, 1.165) is 16.5 Å². The summed E-state index contributed by atoms with van der Waals surface area (Å²) >= 11 is 22.6. The SMILES string of the molecule is Brc1sc2c(c1Br)c1cc3c(cc1c1sc(Br)c(Br)c12)c1ccsc1c1ccsc31. The molecule has 4 heterocycles. The molecule has 4 aromatic heterocycles. The Morgan fingerprint density at radius 3 is 1.83 bits per heavy atom. The quantitative estimate of drug-likeness (QED) is 0.137. The maximum absolute atomic E-state index is 3.87. The molecule has 0 spiro atoms. The Morgan fingerprint density at radius 2 is 1.07 bits per heavy atom. The fourth-order valence-corrected chi connectivity index (χ4v) is 11.4. The summed E-state index contributed by atoms with van der Waals surface area (Å²) in [6.45, 7) is 0. The van der Waals surface area contributed by atoms with Crippen molar-refractivity contribution in [3.63, 3.8) is 0 Å². The number of fused-ring (bicyclic) bond motifs is 12. The third-order valence-corrected chi connectivity index (χ3v) is 14.5. The van der Waals surface area contributed by atoms with Gasteiger partial charge in [0.05, 0.1) is 16.5 Å². The zero-order chi connectivity index (χ0) is 20.3. The fourth-order valence-electron chi connectivity index (χ4n) is 4.41. The van der Waals surface area contributed by atoms with Gasteiger partial charge in [0.2, 0.25) is 0 Å². The van der Waals surface area contributed by atoms with Gasteiger partial charge in [-0.1, -0.05) is 0 Å². The average molecular weight is 718 g/mol. The maximum Gasteiger partial charge on any atom is 0.0853 e. The molecule has 0 saturated carbocycles. The molecule has 0 amide bonds. The topological polar surface area (TPSA) is 0 Å². The lowest BCUT2D eigenvalue weighted by Crippen LogP contribution is -1.81. The minimum Gasteiger partial charge on any atom is -0.143 e. The van der Waals surface area contributed by atoms with Crippen molar-refractivity contribution in [1.29, 1.82) is 0 Å². The minimum atomic E-state index is 1.13. The van der Waals surface area contributed by atoms with Crippen molar-refractivity contribution in [3.05, 3.63) is 51.5 Å². The molecule has 0 aliphatic carbocycles. The van der Waals surface area contributed by atoms with E-state index in [0.29, 0.717) is 0 Å². The highest BCUT2D eigenvalue weighted by atomic mass is 79.9. The molecule has 0 nitrogen and oxygen atoms in total. The van der Waals surface area contributed by atoms with E-state index in [2.05, 4.69) is 98.7 Å². The summed E-state index contributed by atoms with van der Waals surface area (Å²) in [7, 11) is 0. The highest BCUT2D eigenvalue weighted by Crippen LogP contribution is 2.54. The van der Waals surface area contributed by atoms with E-state index in [1.54, 1.807) is 11.3 Å². The molecule has 146 valence electrons. The molecule has 0 N–H and O–H groups in total. The van der Waals surface area contributed by atoms with E-state index in [9.17, 15) is 0 Å². The molecule has 0 aliphatic rings. The van der Waals surface area contributed by atoms with Crippen LogP contribution in [0, 0.1) is 0 Å². The number of hydrogen-bond acceptors (Lipinski definition) is 4. The van der Waals surface area contributed by atoms with Gasteiger partial charge in [0.25, 0.3) is 0 Å². The summed E-state index contributed by atoms with van der Waals surface area (Å²) in [5.41, 5.74) is 0. The molecule has 0 saturated heterocycles. The molecule has 7 rings (SSSR count). The molecular weight excluding hydrogens is 712 g/mol. The molecule has 0 aliphatic heterocycles. The zero-order valence-corrected chi connectivity index (χ0v) is 24.2. The van der Waals surface area contributed by atoms with Gasteiger partial charge in [-0.3, -0.25) is 0 Å². The average Bonchev–Trinajstić information content (AvgIpc) is 3.49. The van der Waals surface area contributed by atoms with Crippen LogP contribution < -0.4 is 0 Å². The summed E-state index contributed by atoms with van der Waals surface area (Å²) < 4.78 is 9.97. The van der Waals surface area contributed by atoms with Crippen LogP contribution in [0.5, 0.6) is 0 Å². The molecule has 0 bridgehead atoms. The molecule has 7 aromatic rings. The van der Waals surface area contributed by atoms with Crippen LogP contribution in [-0.4, -0.2) is 0 Å². The van der Waals surface area contributed by atoms with E-state index in [4.69, 9.17) is 0 Å². The van der Waals surface area contributed by atoms with E-state index >= 15 is 0 Å². The van der Waals surface area contributed by atoms with Crippen LogP contribution in [-0.2, 0) is 0 Å². The Balaban J connectivity index is 1.87. The molecule has 30 heavy (non-hydrogen) atoms. The number of rotatable bonds is 0. The van der Waals surface area contributed by atoms with Crippen LogP contribution in [0.4, 0.5) is 0 Å². The first-order chi connectivity index (χ1) is 14.5. The Bertz CT molecular complexity index is 1850. The molecule has 0 fully saturated rings. The van der Waals surface area contributed by atoms with Crippen LogP contribution >= 0.6 is 109 Å². The Labute approximate surface area is 220 Å². The number of hydrogen-bond donors (Lipinski definition) is 0. The van der Waals surface area contributed by atoms with Crippen LogP contribution in [0.2, 0.25) is 0 Å². The summed E-state index contributed by atoms with van der Waals surface area (Å²) in [5.74, 6) is 0. The minimum absolute atomic E-state index is 1.13. The van der Waals surface area contributed by atoms with Crippen LogP contribution in [0.3, 0.4) is 0 Å². The maximum atomic E-state index is 3.87. The number of benzene rings is 3. The van der Waals surface area contributed by atoms with Gasteiger partial charge in [-0.2, -0.15) is 0 Å². The summed E-state index contributed by atoms with van der Waals surface area (Å²) in [6, 6.07) is 9.39. The highest BCUT2D eigenvalue weighted by Gasteiger charge is 2.22. The second-order valence-electron chi connectivity index (χ2n) is 7.06. The smallest absolute Gasteiger partial charge is 0.0853 e. The van der Waals surface area contributed by atoms with Gasteiger partial charge in [0.15, 0.2) is 0 Å². The van der Waals surface area contributed by atoms with Crippen LogP contribution in [0.25, 0.3) is 61.9 Å². The predicted molar refractivity (Wildman–Crippen MR) is 154 cm³/mol. The lowest BCUT2D eigenvalue weighted by molar-refractivity contribution is 1.91. The van der Waals surface area contributed by atoms with Crippen molar-refractivity contribution < 1.29 is 0 Å². The van der Waals surface area contributed by atoms with Crippen molar-refractivity contribution in [1.82, 2.24) is 0 Å². The lowest BCUT2D eigenvalue weighted by Gasteiger charge is -2.09. The van der Waals surface area contributed by atoms with Gasteiger partial charge in [0, 0.05) is 51.1 Å². The van der Waals surface area contributed by atoms with Gasteiger partial charge in [-0.15, -0.1) is 45.3 Å². The number of halogens is 4. The Kier molecular flexibility index (Phi) is 4.35. The van der Waals surface area contributed by atoms with Gasteiger partial charge in [-0.05, 0) is 110 Å². The van der Waals surface area contributed by atoms with Crippen molar-refractivity contribution >= 4 is 171 Å². The van der Waals surface area contributed by atoms with Crippen molar-refractivity contribution in [2.45, 2.75) is 0 Å². The Morgan fingerprint density at radius 1 is 0.500 bits per heavy atom. The zero-order valence-electron chi connectivity index (χ0n) is 14.6. The largest absolute Gasteiger partial charge is 0.143 e. The fraction of sp³-hybridized carbons (Fsp3) is 0. The van der Waals surface area contributed by atoms with Crippen molar-refractivity contribution in [2.24, 2.45) is 0 Å². The first-order valence-corrected chi connectivity index (χ1v) is 15.4. The molecule has 0 unspecified atom stereocenters. The molecule has 8 heteroatoms. The van der Waals surface area contributed by atoms with Gasteiger partial charge >= 0.3 is 0 Å². The first kappa shape index (κ1) is 19.4. The van der Waals surface area contributed by atoms with Crippen LogP contribution in [0.1, 0.15) is 0 Å². The van der Waals surface area contributed by atoms with E-state index in [1.165, 1.54) is 61.9 Å². The second-order valence-corrected chi connectivity index (χ2v) is 15.2. The van der Waals surface area contributed by atoms with Crippen LogP contribution in [0.15, 0.2) is 51.5 Å². The molecule has 0 atom stereocenters. The number of thiophene rings is 4. The third-order valence-electron chi connectivity index (χ3n) is 5.63. The summed E-state index contributed by atoms with van der Waals surface area (Å²) in [4.78, 5) is 0. The second kappa shape index (κ2) is 6.73. The van der Waals surface area contributed by atoms with Crippen molar-refractivity contribution in [2.75, 3.05) is 0 Å². The van der Waals surface area contributed by atoms with E-state index < -0.39 is 0 Å². The molecule has 0 radical (unpaired) electrons. The first-order valence-electron chi connectivity index (χ1n) is 8.85. The Hall–Kier alpha value is -0.0600. The normalized spacial score (nSPS) is 12.7. The highest BCUT2D eigenvalue weighted by molar-refractivity contribution is 9.14. The monoisotopic (exact) mass is 714 g/mol. The molecular formula is C22H6Br4S4. The van der Waals surface area contributed by atoms with E-state index in [-0.39, 0.29) is 0 Å². The van der Waals surface area contributed by atoms with Gasteiger partial charge < -0.3 is 0 Å². The van der Waals surface area contributed by atoms with Gasteiger partial charge in [0.1, 0.15) is 0 Å². The summed E-state index contributed by atoms with van der Waals surface area (Å²) in [5, 5.41) is 15.1. The van der Waals surface area contributed by atoms with Crippen molar-refractivity contribution in [3.8, 4) is 0 Å². The predicted octanol–water partition coefficient (Wildman–Crippen LogP) is 11.9. The summed E-state index contributed by atoms with van der Waals surface area (Å²) in [6.07, 6.45) is 0.